The Morgan fingerprint density at radius 3 is 2.67 bits per heavy atom. The maximum Gasteiger partial charge on any atom is 0.234 e. The Morgan fingerprint density at radius 2 is 1.93 bits per heavy atom. The van der Waals surface area contributed by atoms with Crippen LogP contribution in [0, 0.1) is 0 Å². The fourth-order valence-corrected chi connectivity index (χ4v) is 3.70. The van der Waals surface area contributed by atoms with Crippen molar-refractivity contribution in [3.8, 4) is 17.1 Å². The number of aromatic nitrogens is 3. The maximum absolute atomic E-state index is 12.3. The Kier molecular flexibility index (Phi) is 8.01. The molecule has 1 N–H and O–H groups in total. The number of carbonyl (C=O) groups excluding carboxylic acids is 1. The van der Waals surface area contributed by atoms with Gasteiger partial charge in [0, 0.05) is 12.6 Å². The fourth-order valence-electron chi connectivity index (χ4n) is 2.64. The van der Waals surface area contributed by atoms with Gasteiger partial charge in [-0.15, -0.1) is 10.2 Å². The highest BCUT2D eigenvalue weighted by atomic mass is 35.5. The molecule has 158 valence electrons. The molecule has 3 rings (SSSR count). The summed E-state index contributed by atoms with van der Waals surface area (Å²) in [5, 5.41) is 12.6. The highest BCUT2D eigenvalue weighted by Gasteiger charge is 2.14. The van der Waals surface area contributed by atoms with Gasteiger partial charge in [0.1, 0.15) is 5.75 Å². The molecule has 1 aromatic heterocycles. The standard InChI is InChI=1S/C21H22Cl2N4O2S/c1-3-4-12-29-15-10-8-14(9-11-15)20-25-26-21(27(20)2)30-13-18(28)24-17-7-5-6-16(22)19(17)23/h5-11H,3-4,12-13H2,1-2H3,(H,24,28). The lowest BCUT2D eigenvalue weighted by atomic mass is 10.2. The Balaban J connectivity index is 1.60. The first-order valence-electron chi connectivity index (χ1n) is 9.49. The van der Waals surface area contributed by atoms with Crippen LogP contribution in [-0.4, -0.2) is 33.0 Å². The second-order valence-electron chi connectivity index (χ2n) is 6.53. The fraction of sp³-hybridized carbons (Fsp3) is 0.286. The zero-order valence-corrected chi connectivity index (χ0v) is 19.0. The van der Waals surface area contributed by atoms with Gasteiger partial charge in [-0.05, 0) is 42.8 Å². The number of hydrogen-bond donors (Lipinski definition) is 1. The number of rotatable bonds is 9. The van der Waals surface area contributed by atoms with Crippen LogP contribution in [0.15, 0.2) is 47.6 Å². The number of nitrogens with one attached hydrogen (secondary N) is 1. The van der Waals surface area contributed by atoms with Gasteiger partial charge in [0.2, 0.25) is 5.91 Å². The molecule has 0 aliphatic rings. The van der Waals surface area contributed by atoms with Crippen LogP contribution >= 0.6 is 35.0 Å². The lowest BCUT2D eigenvalue weighted by molar-refractivity contribution is -0.113. The second kappa shape index (κ2) is 10.7. The van der Waals surface area contributed by atoms with Crippen molar-refractivity contribution < 1.29 is 9.53 Å². The van der Waals surface area contributed by atoms with Gasteiger partial charge in [-0.25, -0.2) is 0 Å². The summed E-state index contributed by atoms with van der Waals surface area (Å²) in [6.07, 6.45) is 2.13. The lowest BCUT2D eigenvalue weighted by Gasteiger charge is -2.08. The Bertz CT molecular complexity index is 1010. The third-order valence-electron chi connectivity index (χ3n) is 4.27. The molecule has 0 spiro atoms. The number of ether oxygens (including phenoxy) is 1. The van der Waals surface area contributed by atoms with E-state index < -0.39 is 0 Å². The number of amides is 1. The first-order chi connectivity index (χ1) is 14.5. The number of benzene rings is 2. The van der Waals surface area contributed by atoms with Crippen molar-refractivity contribution in [3.05, 3.63) is 52.5 Å². The van der Waals surface area contributed by atoms with Crippen molar-refractivity contribution in [1.29, 1.82) is 0 Å². The highest BCUT2D eigenvalue weighted by molar-refractivity contribution is 7.99. The van der Waals surface area contributed by atoms with E-state index in [0.29, 0.717) is 27.5 Å². The van der Waals surface area contributed by atoms with Gasteiger partial charge < -0.3 is 14.6 Å². The monoisotopic (exact) mass is 464 g/mol. The molecule has 0 unspecified atom stereocenters. The van der Waals surface area contributed by atoms with Gasteiger partial charge in [-0.3, -0.25) is 4.79 Å². The van der Waals surface area contributed by atoms with Crippen molar-refractivity contribution in [1.82, 2.24) is 14.8 Å². The summed E-state index contributed by atoms with van der Waals surface area (Å²) < 4.78 is 7.55. The van der Waals surface area contributed by atoms with Crippen LogP contribution in [0.3, 0.4) is 0 Å². The zero-order valence-electron chi connectivity index (χ0n) is 16.7. The summed E-state index contributed by atoms with van der Waals surface area (Å²) in [6.45, 7) is 2.84. The van der Waals surface area contributed by atoms with Gasteiger partial charge in [-0.2, -0.15) is 0 Å². The largest absolute Gasteiger partial charge is 0.494 e. The molecule has 30 heavy (non-hydrogen) atoms. The highest BCUT2D eigenvalue weighted by Crippen LogP contribution is 2.30. The molecule has 0 saturated carbocycles. The van der Waals surface area contributed by atoms with Gasteiger partial charge in [-0.1, -0.05) is 54.4 Å². The van der Waals surface area contributed by atoms with E-state index in [1.54, 1.807) is 18.2 Å². The summed E-state index contributed by atoms with van der Waals surface area (Å²) in [4.78, 5) is 12.3. The third kappa shape index (κ3) is 5.68. The average molecular weight is 465 g/mol. The van der Waals surface area contributed by atoms with Crippen LogP contribution in [-0.2, 0) is 11.8 Å². The molecule has 0 bridgehead atoms. The SMILES string of the molecule is CCCCOc1ccc(-c2nnc(SCC(=O)Nc3cccc(Cl)c3Cl)n2C)cc1. The van der Waals surface area contributed by atoms with E-state index in [1.807, 2.05) is 35.9 Å². The molecule has 9 heteroatoms. The van der Waals surface area contributed by atoms with Gasteiger partial charge in [0.25, 0.3) is 0 Å². The number of unbranched alkanes of at least 4 members (excludes halogenated alkanes) is 1. The molecule has 2 aromatic carbocycles. The van der Waals surface area contributed by atoms with Crippen molar-refractivity contribution in [2.24, 2.45) is 7.05 Å². The minimum atomic E-state index is -0.206. The van der Waals surface area contributed by atoms with Crippen molar-refractivity contribution in [2.45, 2.75) is 24.9 Å². The van der Waals surface area contributed by atoms with Gasteiger partial charge in [0.15, 0.2) is 11.0 Å². The predicted molar refractivity (Wildman–Crippen MR) is 123 cm³/mol. The molecule has 1 amide bonds. The smallest absolute Gasteiger partial charge is 0.234 e. The Hall–Kier alpha value is -2.22. The second-order valence-corrected chi connectivity index (χ2v) is 8.26. The molecular weight excluding hydrogens is 443 g/mol. The molecule has 0 aliphatic carbocycles. The van der Waals surface area contributed by atoms with Crippen LogP contribution in [0.4, 0.5) is 5.69 Å². The average Bonchev–Trinajstić information content (AvgIpc) is 3.11. The number of carbonyl (C=O) groups is 1. The normalized spacial score (nSPS) is 10.8. The van der Waals surface area contributed by atoms with E-state index in [4.69, 9.17) is 27.9 Å². The minimum absolute atomic E-state index is 0.166. The van der Waals surface area contributed by atoms with E-state index >= 15 is 0 Å². The van der Waals surface area contributed by atoms with Gasteiger partial charge in [0.05, 0.1) is 28.1 Å². The van der Waals surface area contributed by atoms with Crippen LogP contribution in [0.1, 0.15) is 19.8 Å². The first-order valence-corrected chi connectivity index (χ1v) is 11.2. The van der Waals surface area contributed by atoms with Gasteiger partial charge >= 0.3 is 0 Å². The summed E-state index contributed by atoms with van der Waals surface area (Å²) in [5.74, 6) is 1.51. The molecule has 1 heterocycles. The third-order valence-corrected chi connectivity index (χ3v) is 6.11. The van der Waals surface area contributed by atoms with E-state index in [-0.39, 0.29) is 11.7 Å². The summed E-state index contributed by atoms with van der Waals surface area (Å²) in [6, 6.07) is 12.8. The number of hydrogen-bond acceptors (Lipinski definition) is 5. The zero-order chi connectivity index (χ0) is 21.5. The van der Waals surface area contributed by atoms with Crippen LogP contribution in [0.5, 0.6) is 5.75 Å². The Morgan fingerprint density at radius 1 is 1.17 bits per heavy atom. The molecule has 3 aromatic rings. The number of nitrogens with zero attached hydrogens (tertiary/aromatic N) is 3. The van der Waals surface area contributed by atoms with E-state index in [2.05, 4.69) is 22.4 Å². The minimum Gasteiger partial charge on any atom is -0.494 e. The van der Waals surface area contributed by atoms with Crippen molar-refractivity contribution in [3.63, 3.8) is 0 Å². The summed E-state index contributed by atoms with van der Waals surface area (Å²) in [5.41, 5.74) is 1.41. The van der Waals surface area contributed by atoms with Crippen LogP contribution < -0.4 is 10.1 Å². The number of anilines is 1. The molecule has 0 aliphatic heterocycles. The van der Waals surface area contributed by atoms with E-state index in [0.717, 1.165) is 30.0 Å². The summed E-state index contributed by atoms with van der Waals surface area (Å²) >= 11 is 13.4. The van der Waals surface area contributed by atoms with Crippen molar-refractivity contribution in [2.75, 3.05) is 17.7 Å². The quantitative estimate of drug-likeness (QED) is 0.324. The number of halogens is 2. The predicted octanol–water partition coefficient (Wildman–Crippen LogP) is 5.70. The maximum atomic E-state index is 12.3. The number of thioether (sulfide) groups is 1. The molecule has 0 atom stereocenters. The molecule has 6 nitrogen and oxygen atoms in total. The van der Waals surface area contributed by atoms with E-state index in [1.165, 1.54) is 11.8 Å². The summed E-state index contributed by atoms with van der Waals surface area (Å²) in [7, 11) is 1.87. The topological polar surface area (TPSA) is 69.0 Å². The molecule has 0 saturated heterocycles. The Labute approximate surface area is 189 Å². The molecule has 0 fully saturated rings. The van der Waals surface area contributed by atoms with E-state index in [9.17, 15) is 4.79 Å². The van der Waals surface area contributed by atoms with Crippen LogP contribution in [0.2, 0.25) is 10.0 Å². The molecule has 0 radical (unpaired) electrons. The van der Waals surface area contributed by atoms with Crippen LogP contribution in [0.25, 0.3) is 11.4 Å². The van der Waals surface area contributed by atoms with Crippen molar-refractivity contribution >= 4 is 46.6 Å². The molecular formula is C21H22Cl2N4O2S. The lowest BCUT2D eigenvalue weighted by Crippen LogP contribution is -2.14. The first kappa shape index (κ1) is 22.5.